The molecule has 1 fully saturated rings. The van der Waals surface area contributed by atoms with Crippen LogP contribution < -0.4 is 0 Å². The molecule has 1 aliphatic rings. The van der Waals surface area contributed by atoms with Crippen molar-refractivity contribution in [3.05, 3.63) is 0 Å². The number of hydrogen-bond donors (Lipinski definition) is 0. The molecular weight excluding hydrogens is 164 g/mol. The Morgan fingerprint density at radius 1 is 1.45 bits per heavy atom. The molecular formula is C7H14O3S. The molecule has 3 nitrogen and oxygen atoms in total. The second kappa shape index (κ2) is 3.54. The monoisotopic (exact) mass is 178 g/mol. The van der Waals surface area contributed by atoms with E-state index in [1.807, 2.05) is 6.92 Å². The standard InChI is InChI=1S/C7H14O3S/c1-2-3-11(8,9)6-7-4-10-5-7/h7H,2-6H2,1H3. The molecule has 66 valence electrons. The number of rotatable bonds is 4. The topological polar surface area (TPSA) is 43.4 Å². The van der Waals surface area contributed by atoms with Crippen LogP contribution in [0.4, 0.5) is 0 Å². The molecule has 1 saturated heterocycles. The highest BCUT2D eigenvalue weighted by molar-refractivity contribution is 7.91. The minimum absolute atomic E-state index is 0.270. The van der Waals surface area contributed by atoms with Crippen LogP contribution in [-0.2, 0) is 14.6 Å². The maximum Gasteiger partial charge on any atom is 0.150 e. The minimum Gasteiger partial charge on any atom is -0.381 e. The molecule has 0 aromatic carbocycles. The molecule has 0 N–H and O–H groups in total. The maximum atomic E-state index is 11.2. The summed E-state index contributed by atoms with van der Waals surface area (Å²) in [5, 5.41) is 0. The number of ether oxygens (including phenoxy) is 1. The Kier molecular flexibility index (Phi) is 2.90. The zero-order chi connectivity index (χ0) is 8.32. The number of hydrogen-bond acceptors (Lipinski definition) is 3. The summed E-state index contributed by atoms with van der Waals surface area (Å²) in [6.07, 6.45) is 0.718. The maximum absolute atomic E-state index is 11.2. The van der Waals surface area contributed by atoms with Crippen molar-refractivity contribution in [2.24, 2.45) is 5.92 Å². The number of sulfone groups is 1. The first-order chi connectivity index (χ1) is 5.14. The van der Waals surface area contributed by atoms with E-state index < -0.39 is 9.84 Å². The van der Waals surface area contributed by atoms with Gasteiger partial charge in [-0.2, -0.15) is 0 Å². The third-order valence-corrected chi connectivity index (χ3v) is 3.72. The molecule has 11 heavy (non-hydrogen) atoms. The van der Waals surface area contributed by atoms with E-state index in [0.29, 0.717) is 24.7 Å². The van der Waals surface area contributed by atoms with Gasteiger partial charge < -0.3 is 4.74 Å². The Balaban J connectivity index is 2.33. The summed E-state index contributed by atoms with van der Waals surface area (Å²) in [5.41, 5.74) is 0. The normalized spacial score (nSPS) is 19.7. The molecule has 0 aromatic heterocycles. The average Bonchev–Trinajstić information content (AvgIpc) is 1.79. The molecule has 0 amide bonds. The van der Waals surface area contributed by atoms with Gasteiger partial charge in [0, 0.05) is 11.7 Å². The van der Waals surface area contributed by atoms with Gasteiger partial charge in [0.15, 0.2) is 9.84 Å². The third-order valence-electron chi connectivity index (χ3n) is 1.71. The van der Waals surface area contributed by atoms with Crippen LogP contribution in [0.2, 0.25) is 0 Å². The first-order valence-electron chi connectivity index (χ1n) is 3.92. The van der Waals surface area contributed by atoms with Gasteiger partial charge in [-0.05, 0) is 6.42 Å². The molecule has 1 rings (SSSR count). The summed E-state index contributed by atoms with van der Waals surface area (Å²) >= 11 is 0. The summed E-state index contributed by atoms with van der Waals surface area (Å²) in [5.74, 6) is 0.913. The molecule has 0 aromatic rings. The van der Waals surface area contributed by atoms with Gasteiger partial charge in [-0.25, -0.2) is 8.42 Å². The van der Waals surface area contributed by atoms with Crippen molar-refractivity contribution in [3.8, 4) is 0 Å². The largest absolute Gasteiger partial charge is 0.381 e. The van der Waals surface area contributed by atoms with Crippen molar-refractivity contribution in [2.45, 2.75) is 13.3 Å². The van der Waals surface area contributed by atoms with Gasteiger partial charge in [-0.1, -0.05) is 6.92 Å². The minimum atomic E-state index is -2.77. The van der Waals surface area contributed by atoms with Crippen molar-refractivity contribution in [1.29, 1.82) is 0 Å². The van der Waals surface area contributed by atoms with E-state index in [4.69, 9.17) is 4.74 Å². The van der Waals surface area contributed by atoms with Crippen LogP contribution >= 0.6 is 0 Å². The van der Waals surface area contributed by atoms with Crippen LogP contribution in [0.25, 0.3) is 0 Å². The lowest BCUT2D eigenvalue weighted by molar-refractivity contribution is -0.0204. The average molecular weight is 178 g/mol. The van der Waals surface area contributed by atoms with Gasteiger partial charge in [0.1, 0.15) is 0 Å². The predicted molar refractivity (Wildman–Crippen MR) is 43.3 cm³/mol. The molecule has 0 spiro atoms. The van der Waals surface area contributed by atoms with Crippen LogP contribution in [0.5, 0.6) is 0 Å². The fraction of sp³-hybridized carbons (Fsp3) is 1.00. The molecule has 0 radical (unpaired) electrons. The molecule has 4 heteroatoms. The summed E-state index contributed by atoms with van der Waals surface area (Å²) in [4.78, 5) is 0. The highest BCUT2D eigenvalue weighted by atomic mass is 32.2. The Hall–Kier alpha value is -0.0900. The van der Waals surface area contributed by atoms with Crippen LogP contribution in [0.3, 0.4) is 0 Å². The van der Waals surface area contributed by atoms with Crippen molar-refractivity contribution in [3.63, 3.8) is 0 Å². The van der Waals surface area contributed by atoms with Gasteiger partial charge >= 0.3 is 0 Å². The lowest BCUT2D eigenvalue weighted by atomic mass is 10.1. The SMILES string of the molecule is CCCS(=O)(=O)CC1COC1. The Morgan fingerprint density at radius 3 is 2.45 bits per heavy atom. The zero-order valence-corrected chi connectivity index (χ0v) is 7.56. The van der Waals surface area contributed by atoms with Gasteiger partial charge in [0.05, 0.1) is 19.0 Å². The first-order valence-corrected chi connectivity index (χ1v) is 5.74. The zero-order valence-electron chi connectivity index (χ0n) is 6.75. The Labute approximate surface area is 67.7 Å². The van der Waals surface area contributed by atoms with Crippen LogP contribution in [0, 0.1) is 5.92 Å². The van der Waals surface area contributed by atoms with Crippen molar-refractivity contribution in [1.82, 2.24) is 0 Å². The van der Waals surface area contributed by atoms with Crippen LogP contribution in [0.15, 0.2) is 0 Å². The smallest absolute Gasteiger partial charge is 0.150 e. The van der Waals surface area contributed by atoms with E-state index in [0.717, 1.165) is 6.42 Å². The van der Waals surface area contributed by atoms with Crippen molar-refractivity contribution in [2.75, 3.05) is 24.7 Å². The summed E-state index contributed by atoms with van der Waals surface area (Å²) in [6, 6.07) is 0. The van der Waals surface area contributed by atoms with Crippen LogP contribution in [-0.4, -0.2) is 33.1 Å². The highest BCUT2D eigenvalue weighted by Gasteiger charge is 2.24. The fourth-order valence-electron chi connectivity index (χ4n) is 1.13. The van der Waals surface area contributed by atoms with Gasteiger partial charge in [0.25, 0.3) is 0 Å². The lowest BCUT2D eigenvalue weighted by Crippen LogP contribution is -2.34. The summed E-state index contributed by atoms with van der Waals surface area (Å²) in [6.45, 7) is 3.14. The lowest BCUT2D eigenvalue weighted by Gasteiger charge is -2.25. The van der Waals surface area contributed by atoms with Gasteiger partial charge in [0.2, 0.25) is 0 Å². The highest BCUT2D eigenvalue weighted by Crippen LogP contribution is 2.13. The summed E-state index contributed by atoms with van der Waals surface area (Å²) in [7, 11) is -2.77. The summed E-state index contributed by atoms with van der Waals surface area (Å²) < 4.78 is 27.3. The fourth-order valence-corrected chi connectivity index (χ4v) is 2.83. The molecule has 0 unspecified atom stereocenters. The molecule has 1 aliphatic heterocycles. The van der Waals surface area contributed by atoms with E-state index in [-0.39, 0.29) is 5.92 Å². The Morgan fingerprint density at radius 2 is 2.09 bits per heavy atom. The quantitative estimate of drug-likeness (QED) is 0.628. The van der Waals surface area contributed by atoms with Gasteiger partial charge in [-0.3, -0.25) is 0 Å². The first kappa shape index (κ1) is 9.00. The molecule has 0 bridgehead atoms. The molecule has 0 saturated carbocycles. The van der Waals surface area contributed by atoms with Crippen molar-refractivity contribution < 1.29 is 13.2 Å². The van der Waals surface area contributed by atoms with E-state index in [1.165, 1.54) is 0 Å². The van der Waals surface area contributed by atoms with E-state index in [9.17, 15) is 8.42 Å². The van der Waals surface area contributed by atoms with Crippen LogP contribution in [0.1, 0.15) is 13.3 Å². The van der Waals surface area contributed by atoms with E-state index >= 15 is 0 Å². The molecule has 0 atom stereocenters. The van der Waals surface area contributed by atoms with E-state index in [1.54, 1.807) is 0 Å². The molecule has 1 heterocycles. The Bertz CT molecular complexity index is 204. The molecule has 0 aliphatic carbocycles. The second-order valence-electron chi connectivity index (χ2n) is 3.02. The van der Waals surface area contributed by atoms with Gasteiger partial charge in [-0.15, -0.1) is 0 Å². The second-order valence-corrected chi connectivity index (χ2v) is 5.25. The predicted octanol–water partition coefficient (Wildman–Crippen LogP) is 0.458. The van der Waals surface area contributed by atoms with Crippen molar-refractivity contribution >= 4 is 9.84 Å². The third kappa shape index (κ3) is 2.79. The van der Waals surface area contributed by atoms with E-state index in [2.05, 4.69) is 0 Å².